The number of benzene rings is 1. The van der Waals surface area contributed by atoms with Crippen LogP contribution in [0.15, 0.2) is 41.5 Å². The average molecular weight is 426 g/mol. The fourth-order valence-corrected chi connectivity index (χ4v) is 4.47. The zero-order valence-electron chi connectivity index (χ0n) is 17.6. The van der Waals surface area contributed by atoms with Crippen LogP contribution in [0, 0.1) is 5.82 Å². The highest BCUT2D eigenvalue weighted by atomic mass is 19.1. The number of hydrogen-bond donors (Lipinski definition) is 1. The van der Waals surface area contributed by atoms with Crippen molar-refractivity contribution in [1.29, 1.82) is 0 Å². The third-order valence-corrected chi connectivity index (χ3v) is 6.28. The maximum atomic E-state index is 13.1. The molecule has 1 N–H and O–H groups in total. The number of carbonyl (C=O) groups excluding carboxylic acids is 2. The molecule has 1 aromatic heterocycles. The molecule has 7 heteroatoms. The zero-order chi connectivity index (χ0) is 21.8. The number of halogens is 1. The Labute approximate surface area is 181 Å². The number of piperidine rings is 1. The van der Waals surface area contributed by atoms with E-state index in [-0.39, 0.29) is 35.4 Å². The van der Waals surface area contributed by atoms with E-state index in [0.29, 0.717) is 13.1 Å². The summed E-state index contributed by atoms with van der Waals surface area (Å²) >= 11 is 0. The highest BCUT2D eigenvalue weighted by molar-refractivity contribution is 5.99. The van der Waals surface area contributed by atoms with Crippen LogP contribution in [0.3, 0.4) is 0 Å². The number of hydrogen-bond acceptors (Lipinski definition) is 3. The Morgan fingerprint density at radius 1 is 0.935 bits per heavy atom. The molecule has 6 nitrogen and oxygen atoms in total. The van der Waals surface area contributed by atoms with E-state index in [4.69, 9.17) is 0 Å². The van der Waals surface area contributed by atoms with Gasteiger partial charge in [-0.1, -0.05) is 25.0 Å². The van der Waals surface area contributed by atoms with Gasteiger partial charge in [-0.3, -0.25) is 14.4 Å². The summed E-state index contributed by atoms with van der Waals surface area (Å²) in [7, 11) is 0. The molecule has 0 spiro atoms. The molecule has 1 saturated carbocycles. The first-order valence-corrected chi connectivity index (χ1v) is 11.1. The molecule has 1 aliphatic carbocycles. The summed E-state index contributed by atoms with van der Waals surface area (Å²) < 4.78 is 15.0. The minimum Gasteiger partial charge on any atom is -0.349 e. The van der Waals surface area contributed by atoms with Crippen molar-refractivity contribution in [2.45, 2.75) is 57.5 Å². The second-order valence-electron chi connectivity index (χ2n) is 8.46. The predicted molar refractivity (Wildman–Crippen MR) is 116 cm³/mol. The van der Waals surface area contributed by atoms with Gasteiger partial charge in [-0.25, -0.2) is 4.39 Å². The van der Waals surface area contributed by atoms with Gasteiger partial charge < -0.3 is 14.8 Å². The van der Waals surface area contributed by atoms with Crippen molar-refractivity contribution in [1.82, 2.24) is 14.8 Å². The van der Waals surface area contributed by atoms with Crippen LogP contribution in [-0.2, 0) is 6.54 Å². The van der Waals surface area contributed by atoms with Gasteiger partial charge in [0.25, 0.3) is 11.8 Å². The van der Waals surface area contributed by atoms with E-state index in [1.807, 2.05) is 4.57 Å². The second-order valence-corrected chi connectivity index (χ2v) is 8.46. The topological polar surface area (TPSA) is 71.4 Å². The molecular weight excluding hydrogens is 397 g/mol. The standard InChI is InChI=1S/C24H28FN3O3/c25-18-10-8-17(9-11-18)14-26-23(30)20-15-28(19-6-2-3-7-19)16-21(22(20)29)24(31)27-12-4-1-5-13-27/h8-11,15-16,19H,1-7,12-14H2,(H,26,30). The lowest BCUT2D eigenvalue weighted by atomic mass is 10.1. The van der Waals surface area contributed by atoms with Crippen LogP contribution in [0.5, 0.6) is 0 Å². The van der Waals surface area contributed by atoms with Gasteiger partial charge in [0.1, 0.15) is 16.9 Å². The van der Waals surface area contributed by atoms with Gasteiger partial charge in [-0.05, 0) is 49.8 Å². The Bertz CT molecular complexity index is 1000. The van der Waals surface area contributed by atoms with E-state index in [1.54, 1.807) is 29.4 Å². The number of aromatic nitrogens is 1. The highest BCUT2D eigenvalue weighted by Gasteiger charge is 2.26. The van der Waals surface area contributed by atoms with Crippen molar-refractivity contribution in [3.63, 3.8) is 0 Å². The molecule has 164 valence electrons. The summed E-state index contributed by atoms with van der Waals surface area (Å²) in [4.78, 5) is 40.9. The quantitative estimate of drug-likeness (QED) is 0.795. The normalized spacial score (nSPS) is 17.0. The Hall–Kier alpha value is -2.96. The Balaban J connectivity index is 1.62. The number of likely N-dealkylation sites (tertiary alicyclic amines) is 1. The van der Waals surface area contributed by atoms with E-state index in [0.717, 1.165) is 50.5 Å². The maximum absolute atomic E-state index is 13.1. The zero-order valence-corrected chi connectivity index (χ0v) is 17.6. The third kappa shape index (κ3) is 4.86. The molecule has 31 heavy (non-hydrogen) atoms. The molecule has 2 heterocycles. The minimum atomic E-state index is -0.526. The van der Waals surface area contributed by atoms with Gasteiger partial charge in [-0.15, -0.1) is 0 Å². The summed E-state index contributed by atoms with van der Waals surface area (Å²) in [5.74, 6) is -1.16. The predicted octanol–water partition coefficient (Wildman–Crippen LogP) is 3.66. The van der Waals surface area contributed by atoms with Gasteiger partial charge in [-0.2, -0.15) is 0 Å². The smallest absolute Gasteiger partial charge is 0.259 e. The van der Waals surface area contributed by atoms with E-state index >= 15 is 0 Å². The largest absolute Gasteiger partial charge is 0.349 e. The van der Waals surface area contributed by atoms with E-state index in [1.165, 1.54) is 12.1 Å². The molecular formula is C24H28FN3O3. The number of rotatable bonds is 5. The van der Waals surface area contributed by atoms with Crippen molar-refractivity contribution >= 4 is 11.8 Å². The van der Waals surface area contributed by atoms with E-state index < -0.39 is 11.3 Å². The molecule has 4 rings (SSSR count). The van der Waals surface area contributed by atoms with Crippen LogP contribution in [0.25, 0.3) is 0 Å². The van der Waals surface area contributed by atoms with Crippen molar-refractivity contribution in [3.05, 3.63) is 69.4 Å². The number of carbonyl (C=O) groups is 2. The molecule has 1 saturated heterocycles. The fourth-order valence-electron chi connectivity index (χ4n) is 4.47. The monoisotopic (exact) mass is 425 g/mol. The van der Waals surface area contributed by atoms with Gasteiger partial charge in [0.05, 0.1) is 0 Å². The average Bonchev–Trinajstić information content (AvgIpc) is 3.34. The van der Waals surface area contributed by atoms with Crippen molar-refractivity contribution in [3.8, 4) is 0 Å². The molecule has 0 unspecified atom stereocenters. The lowest BCUT2D eigenvalue weighted by Gasteiger charge is -2.27. The molecule has 1 aromatic carbocycles. The van der Waals surface area contributed by atoms with Gasteiger partial charge in [0.15, 0.2) is 0 Å². The first-order valence-electron chi connectivity index (χ1n) is 11.1. The van der Waals surface area contributed by atoms with Crippen molar-refractivity contribution in [2.75, 3.05) is 13.1 Å². The van der Waals surface area contributed by atoms with Crippen LogP contribution < -0.4 is 10.7 Å². The molecule has 0 atom stereocenters. The molecule has 0 radical (unpaired) electrons. The van der Waals surface area contributed by atoms with E-state index in [2.05, 4.69) is 5.32 Å². The number of pyridine rings is 1. The van der Waals surface area contributed by atoms with Gasteiger partial charge >= 0.3 is 0 Å². The van der Waals surface area contributed by atoms with Crippen molar-refractivity contribution in [2.24, 2.45) is 0 Å². The SMILES string of the molecule is O=C(NCc1ccc(F)cc1)c1cn(C2CCCC2)cc(C(=O)N2CCCCC2)c1=O. The van der Waals surface area contributed by atoms with Crippen LogP contribution in [0.2, 0.25) is 0 Å². The summed E-state index contributed by atoms with van der Waals surface area (Å²) in [5.41, 5.74) is 0.257. The Morgan fingerprint density at radius 2 is 1.58 bits per heavy atom. The van der Waals surface area contributed by atoms with Gasteiger partial charge in [0, 0.05) is 38.1 Å². The first kappa shape index (κ1) is 21.3. The fraction of sp³-hybridized carbons (Fsp3) is 0.458. The minimum absolute atomic E-state index is 0.0168. The molecule has 2 aromatic rings. The molecule has 2 fully saturated rings. The Morgan fingerprint density at radius 3 is 2.26 bits per heavy atom. The number of nitrogens with one attached hydrogen (secondary N) is 1. The lowest BCUT2D eigenvalue weighted by Crippen LogP contribution is -2.40. The summed E-state index contributed by atoms with van der Waals surface area (Å²) in [5, 5.41) is 2.74. The number of nitrogens with zero attached hydrogens (tertiary/aromatic N) is 2. The van der Waals surface area contributed by atoms with E-state index in [9.17, 15) is 18.8 Å². The highest BCUT2D eigenvalue weighted by Crippen LogP contribution is 2.29. The van der Waals surface area contributed by atoms with Crippen LogP contribution in [0.4, 0.5) is 4.39 Å². The molecule has 2 amide bonds. The van der Waals surface area contributed by atoms with Crippen molar-refractivity contribution < 1.29 is 14.0 Å². The molecule has 1 aliphatic heterocycles. The van der Waals surface area contributed by atoms with Crippen LogP contribution >= 0.6 is 0 Å². The summed E-state index contributed by atoms with van der Waals surface area (Å²) in [6, 6.07) is 6.02. The second kappa shape index (κ2) is 9.45. The first-order chi connectivity index (χ1) is 15.0. The Kier molecular flexibility index (Phi) is 6.49. The summed E-state index contributed by atoms with van der Waals surface area (Å²) in [6.07, 6.45) is 10.3. The maximum Gasteiger partial charge on any atom is 0.259 e. The third-order valence-electron chi connectivity index (χ3n) is 6.28. The summed E-state index contributed by atoms with van der Waals surface area (Å²) in [6.45, 7) is 1.46. The number of amides is 2. The van der Waals surface area contributed by atoms with Gasteiger partial charge in [0.2, 0.25) is 5.43 Å². The van der Waals surface area contributed by atoms with Crippen LogP contribution in [-0.4, -0.2) is 34.4 Å². The lowest BCUT2D eigenvalue weighted by molar-refractivity contribution is 0.0722. The van der Waals surface area contributed by atoms with Crippen LogP contribution in [0.1, 0.15) is 77.3 Å². The molecule has 0 bridgehead atoms. The molecule has 2 aliphatic rings.